The lowest BCUT2D eigenvalue weighted by atomic mass is 9.86. The second-order valence-corrected chi connectivity index (χ2v) is 7.93. The van der Waals surface area contributed by atoms with Crippen molar-refractivity contribution >= 4 is 33.6 Å². The molecule has 4 nitrogen and oxygen atoms in total. The van der Waals surface area contributed by atoms with E-state index >= 15 is 0 Å². The summed E-state index contributed by atoms with van der Waals surface area (Å²) in [7, 11) is 0. The average molecular weight is 393 g/mol. The molecule has 24 heavy (non-hydrogen) atoms. The van der Waals surface area contributed by atoms with Gasteiger partial charge in [0.2, 0.25) is 11.8 Å². The Balaban J connectivity index is 1.85. The molecule has 0 unspecified atom stereocenters. The zero-order valence-electron chi connectivity index (χ0n) is 14.0. The fourth-order valence-corrected chi connectivity index (χ4v) is 4.13. The molecule has 2 fully saturated rings. The number of imide groups is 1. The average Bonchev–Trinajstić information content (AvgIpc) is 2.64. The number of amides is 2. The van der Waals surface area contributed by atoms with Crippen molar-refractivity contribution in [3.8, 4) is 0 Å². The van der Waals surface area contributed by atoms with E-state index in [1.54, 1.807) is 12.3 Å². The molecule has 0 aromatic carbocycles. The van der Waals surface area contributed by atoms with E-state index in [0.29, 0.717) is 5.82 Å². The monoisotopic (exact) mass is 392 g/mol. The standard InChI is InChI=1S/C19H25BrN2O2/c20-16-11-12-17(21-13-16)22(18(23)14-7-3-1-4-8-14)19(24)15-9-5-2-6-10-15/h11-15H,1-10H2. The number of aromatic nitrogens is 1. The van der Waals surface area contributed by atoms with Crippen LogP contribution in [0.25, 0.3) is 0 Å². The molecule has 0 atom stereocenters. The van der Waals surface area contributed by atoms with Crippen LogP contribution in [-0.4, -0.2) is 16.8 Å². The van der Waals surface area contributed by atoms with Crippen LogP contribution in [0.4, 0.5) is 5.82 Å². The topological polar surface area (TPSA) is 50.3 Å². The van der Waals surface area contributed by atoms with Gasteiger partial charge < -0.3 is 0 Å². The Bertz CT molecular complexity index is 546. The van der Waals surface area contributed by atoms with Gasteiger partial charge >= 0.3 is 0 Å². The highest BCUT2D eigenvalue weighted by Crippen LogP contribution is 2.31. The zero-order chi connectivity index (χ0) is 16.9. The van der Waals surface area contributed by atoms with Gasteiger partial charge in [-0.2, -0.15) is 0 Å². The molecule has 0 radical (unpaired) electrons. The van der Waals surface area contributed by atoms with Crippen LogP contribution in [0.5, 0.6) is 0 Å². The van der Waals surface area contributed by atoms with Gasteiger partial charge in [0.05, 0.1) is 0 Å². The summed E-state index contributed by atoms with van der Waals surface area (Å²) >= 11 is 3.37. The van der Waals surface area contributed by atoms with E-state index in [-0.39, 0.29) is 23.7 Å². The minimum atomic E-state index is -0.0416. The van der Waals surface area contributed by atoms with E-state index in [9.17, 15) is 9.59 Å². The van der Waals surface area contributed by atoms with Crippen molar-refractivity contribution in [3.05, 3.63) is 22.8 Å². The minimum Gasteiger partial charge on any atom is -0.274 e. The molecule has 2 aliphatic carbocycles. The van der Waals surface area contributed by atoms with E-state index in [1.165, 1.54) is 17.7 Å². The molecule has 0 bridgehead atoms. The maximum Gasteiger partial charge on any atom is 0.238 e. The van der Waals surface area contributed by atoms with Gasteiger partial charge in [-0.15, -0.1) is 0 Å². The van der Waals surface area contributed by atoms with Crippen molar-refractivity contribution in [2.24, 2.45) is 11.8 Å². The molecule has 0 spiro atoms. The second kappa shape index (κ2) is 8.24. The summed E-state index contributed by atoms with van der Waals surface area (Å²) in [5.41, 5.74) is 0. The summed E-state index contributed by atoms with van der Waals surface area (Å²) in [5.74, 6) is 0.331. The van der Waals surface area contributed by atoms with Gasteiger partial charge in [0.25, 0.3) is 0 Å². The van der Waals surface area contributed by atoms with Crippen LogP contribution in [0, 0.1) is 11.8 Å². The number of carbonyl (C=O) groups excluding carboxylic acids is 2. The Morgan fingerprint density at radius 1 is 0.875 bits per heavy atom. The molecule has 0 N–H and O–H groups in total. The summed E-state index contributed by atoms with van der Waals surface area (Å²) in [6.07, 6.45) is 11.9. The Morgan fingerprint density at radius 3 is 1.79 bits per heavy atom. The predicted octanol–water partition coefficient (Wildman–Crippen LogP) is 4.86. The third kappa shape index (κ3) is 4.05. The van der Waals surface area contributed by atoms with E-state index in [1.807, 2.05) is 6.07 Å². The summed E-state index contributed by atoms with van der Waals surface area (Å²) in [6, 6.07) is 3.61. The number of pyridine rings is 1. The van der Waals surface area contributed by atoms with Crippen LogP contribution >= 0.6 is 15.9 Å². The number of halogens is 1. The van der Waals surface area contributed by atoms with Crippen LogP contribution in [0.3, 0.4) is 0 Å². The third-order valence-corrected chi connectivity index (χ3v) is 5.76. The van der Waals surface area contributed by atoms with Gasteiger partial charge in [0.15, 0.2) is 0 Å². The van der Waals surface area contributed by atoms with Crippen LogP contribution in [-0.2, 0) is 9.59 Å². The quantitative estimate of drug-likeness (QED) is 0.689. The number of carbonyl (C=O) groups is 2. The van der Waals surface area contributed by atoms with Gasteiger partial charge in [0, 0.05) is 22.5 Å². The normalized spacial score (nSPS) is 19.9. The number of hydrogen-bond acceptors (Lipinski definition) is 3. The fraction of sp³-hybridized carbons (Fsp3) is 0.632. The molecular weight excluding hydrogens is 368 g/mol. The zero-order valence-corrected chi connectivity index (χ0v) is 15.6. The SMILES string of the molecule is O=C(C1CCCCC1)N(C(=O)C1CCCCC1)c1ccc(Br)cn1. The van der Waals surface area contributed by atoms with Gasteiger partial charge in [-0.3, -0.25) is 9.59 Å². The first kappa shape index (κ1) is 17.6. The fourth-order valence-electron chi connectivity index (χ4n) is 3.90. The van der Waals surface area contributed by atoms with E-state index < -0.39 is 0 Å². The number of rotatable bonds is 3. The van der Waals surface area contributed by atoms with E-state index in [2.05, 4.69) is 20.9 Å². The minimum absolute atomic E-state index is 0.0308. The summed E-state index contributed by atoms with van der Waals surface area (Å²) < 4.78 is 0.849. The molecule has 3 rings (SSSR count). The first-order chi connectivity index (χ1) is 11.7. The Kier molecular flexibility index (Phi) is 6.04. The van der Waals surface area contributed by atoms with Crippen molar-refractivity contribution in [2.45, 2.75) is 64.2 Å². The number of nitrogens with zero attached hydrogens (tertiary/aromatic N) is 2. The molecule has 0 aliphatic heterocycles. The lowest BCUT2D eigenvalue weighted by Crippen LogP contribution is -2.45. The largest absolute Gasteiger partial charge is 0.274 e. The maximum atomic E-state index is 13.1. The van der Waals surface area contributed by atoms with Crippen LogP contribution in [0.15, 0.2) is 22.8 Å². The molecule has 1 aromatic heterocycles. The van der Waals surface area contributed by atoms with Crippen molar-refractivity contribution in [2.75, 3.05) is 4.90 Å². The first-order valence-electron chi connectivity index (χ1n) is 9.16. The Morgan fingerprint density at radius 2 is 1.38 bits per heavy atom. The van der Waals surface area contributed by atoms with Gasteiger partial charge in [-0.05, 0) is 53.7 Å². The van der Waals surface area contributed by atoms with Crippen LogP contribution in [0.2, 0.25) is 0 Å². The Hall–Kier alpha value is -1.23. The Labute approximate surface area is 152 Å². The molecule has 130 valence electrons. The highest BCUT2D eigenvalue weighted by Gasteiger charge is 2.35. The third-order valence-electron chi connectivity index (χ3n) is 5.29. The lowest BCUT2D eigenvalue weighted by Gasteiger charge is -2.31. The van der Waals surface area contributed by atoms with Crippen LogP contribution in [0.1, 0.15) is 64.2 Å². The molecule has 0 saturated heterocycles. The summed E-state index contributed by atoms with van der Waals surface area (Å²) in [5, 5.41) is 0. The molecule has 1 heterocycles. The first-order valence-corrected chi connectivity index (χ1v) is 9.95. The second-order valence-electron chi connectivity index (χ2n) is 7.02. The molecule has 2 aliphatic rings. The molecule has 1 aromatic rings. The van der Waals surface area contributed by atoms with Crippen molar-refractivity contribution in [3.63, 3.8) is 0 Å². The van der Waals surface area contributed by atoms with Crippen LogP contribution < -0.4 is 4.90 Å². The number of anilines is 1. The summed E-state index contributed by atoms with van der Waals surface area (Å²) in [6.45, 7) is 0. The highest BCUT2D eigenvalue weighted by atomic mass is 79.9. The van der Waals surface area contributed by atoms with E-state index in [4.69, 9.17) is 0 Å². The summed E-state index contributed by atoms with van der Waals surface area (Å²) in [4.78, 5) is 32.0. The molecular formula is C19H25BrN2O2. The van der Waals surface area contributed by atoms with Crippen molar-refractivity contribution in [1.29, 1.82) is 0 Å². The van der Waals surface area contributed by atoms with Gasteiger partial charge in [-0.25, -0.2) is 9.88 Å². The van der Waals surface area contributed by atoms with Gasteiger partial charge in [0.1, 0.15) is 5.82 Å². The van der Waals surface area contributed by atoms with Gasteiger partial charge in [-0.1, -0.05) is 38.5 Å². The lowest BCUT2D eigenvalue weighted by molar-refractivity contribution is -0.131. The van der Waals surface area contributed by atoms with Crippen molar-refractivity contribution in [1.82, 2.24) is 4.98 Å². The highest BCUT2D eigenvalue weighted by molar-refractivity contribution is 9.10. The molecule has 2 saturated carbocycles. The molecule has 2 amide bonds. The number of hydrogen-bond donors (Lipinski definition) is 0. The predicted molar refractivity (Wildman–Crippen MR) is 97.6 cm³/mol. The van der Waals surface area contributed by atoms with Crippen molar-refractivity contribution < 1.29 is 9.59 Å². The smallest absolute Gasteiger partial charge is 0.238 e. The van der Waals surface area contributed by atoms with E-state index in [0.717, 1.165) is 55.8 Å². The molecule has 5 heteroatoms. The maximum absolute atomic E-state index is 13.1.